The first kappa shape index (κ1) is 17.2. The van der Waals surface area contributed by atoms with Gasteiger partial charge in [-0.3, -0.25) is 9.36 Å². The van der Waals surface area contributed by atoms with Crippen LogP contribution >= 0.6 is 0 Å². The molecule has 0 N–H and O–H groups in total. The molecule has 3 rings (SSSR count). The van der Waals surface area contributed by atoms with Crippen molar-refractivity contribution >= 4 is 11.6 Å². The summed E-state index contributed by atoms with van der Waals surface area (Å²) >= 11 is 0. The topological polar surface area (TPSA) is 58.4 Å². The summed E-state index contributed by atoms with van der Waals surface area (Å²) in [5.74, 6) is -0.108. The van der Waals surface area contributed by atoms with E-state index in [4.69, 9.17) is 0 Å². The van der Waals surface area contributed by atoms with Crippen LogP contribution in [0.3, 0.4) is 0 Å². The van der Waals surface area contributed by atoms with Crippen LogP contribution in [0, 0.1) is 0 Å². The first-order valence-corrected chi connectivity index (χ1v) is 8.73. The first-order chi connectivity index (χ1) is 12.1. The quantitative estimate of drug-likeness (QED) is 0.834. The van der Waals surface area contributed by atoms with E-state index in [9.17, 15) is 9.59 Å². The lowest BCUT2D eigenvalue weighted by Crippen LogP contribution is -2.35. The molecule has 25 heavy (non-hydrogen) atoms. The SMILES string of the molecule is CN(Cc1ccccc1N1CCCCC1)C(=O)Cn1cccnc1=O. The van der Waals surface area contributed by atoms with Crippen molar-refractivity contribution in [1.29, 1.82) is 0 Å². The average molecular weight is 340 g/mol. The highest BCUT2D eigenvalue weighted by Gasteiger charge is 2.17. The maximum atomic E-state index is 12.5. The Morgan fingerprint density at radius 2 is 1.92 bits per heavy atom. The van der Waals surface area contributed by atoms with Crippen LogP contribution in [0.5, 0.6) is 0 Å². The molecule has 0 spiro atoms. The molecule has 2 aromatic rings. The molecule has 1 aromatic carbocycles. The third-order valence-electron chi connectivity index (χ3n) is 4.61. The van der Waals surface area contributed by atoms with E-state index in [-0.39, 0.29) is 12.5 Å². The van der Waals surface area contributed by atoms with Gasteiger partial charge in [0.1, 0.15) is 6.54 Å². The number of rotatable bonds is 5. The molecule has 1 fully saturated rings. The summed E-state index contributed by atoms with van der Waals surface area (Å²) in [6.45, 7) is 2.68. The largest absolute Gasteiger partial charge is 0.371 e. The average Bonchev–Trinajstić information content (AvgIpc) is 2.64. The van der Waals surface area contributed by atoms with Gasteiger partial charge >= 0.3 is 5.69 Å². The van der Waals surface area contributed by atoms with Crippen molar-refractivity contribution in [2.75, 3.05) is 25.0 Å². The molecule has 1 saturated heterocycles. The fraction of sp³-hybridized carbons (Fsp3) is 0.421. The Labute approximate surface area is 147 Å². The van der Waals surface area contributed by atoms with Gasteiger partial charge in [0.25, 0.3) is 0 Å². The summed E-state index contributed by atoms with van der Waals surface area (Å²) in [6.07, 6.45) is 6.74. The van der Waals surface area contributed by atoms with Crippen molar-refractivity contribution in [3.63, 3.8) is 0 Å². The molecule has 2 heterocycles. The van der Waals surface area contributed by atoms with Crippen LogP contribution in [0.1, 0.15) is 24.8 Å². The van der Waals surface area contributed by atoms with Crippen LogP contribution in [-0.4, -0.2) is 40.5 Å². The van der Waals surface area contributed by atoms with Crippen LogP contribution in [0.15, 0.2) is 47.5 Å². The maximum absolute atomic E-state index is 12.5. The van der Waals surface area contributed by atoms with Crippen LogP contribution in [0.25, 0.3) is 0 Å². The van der Waals surface area contributed by atoms with Gasteiger partial charge in [0, 0.05) is 44.8 Å². The Morgan fingerprint density at radius 3 is 2.68 bits per heavy atom. The number of likely N-dealkylation sites (N-methyl/N-ethyl adjacent to an activating group) is 1. The molecule has 6 nitrogen and oxygen atoms in total. The number of anilines is 1. The van der Waals surface area contributed by atoms with Gasteiger partial charge in [-0.15, -0.1) is 0 Å². The fourth-order valence-corrected chi connectivity index (χ4v) is 3.21. The zero-order chi connectivity index (χ0) is 17.6. The van der Waals surface area contributed by atoms with E-state index in [0.29, 0.717) is 6.54 Å². The van der Waals surface area contributed by atoms with E-state index in [1.54, 1.807) is 24.2 Å². The second kappa shape index (κ2) is 7.96. The highest BCUT2D eigenvalue weighted by Crippen LogP contribution is 2.25. The van der Waals surface area contributed by atoms with E-state index >= 15 is 0 Å². The number of benzene rings is 1. The number of hydrogen-bond acceptors (Lipinski definition) is 4. The number of aromatic nitrogens is 2. The zero-order valence-electron chi connectivity index (χ0n) is 14.6. The van der Waals surface area contributed by atoms with Gasteiger partial charge in [0.05, 0.1) is 0 Å². The van der Waals surface area contributed by atoms with Gasteiger partial charge in [-0.1, -0.05) is 18.2 Å². The molecular formula is C19H24N4O2. The summed E-state index contributed by atoms with van der Waals surface area (Å²) in [6, 6.07) is 9.91. The molecule has 0 radical (unpaired) electrons. The van der Waals surface area contributed by atoms with E-state index in [0.717, 1.165) is 18.7 Å². The van der Waals surface area contributed by atoms with E-state index in [1.165, 1.54) is 35.7 Å². The Kier molecular flexibility index (Phi) is 5.48. The van der Waals surface area contributed by atoms with Gasteiger partial charge in [-0.05, 0) is 37.0 Å². The van der Waals surface area contributed by atoms with E-state index in [2.05, 4.69) is 22.0 Å². The fourth-order valence-electron chi connectivity index (χ4n) is 3.21. The van der Waals surface area contributed by atoms with Crippen LogP contribution in [0.4, 0.5) is 5.69 Å². The van der Waals surface area contributed by atoms with Crippen LogP contribution < -0.4 is 10.6 Å². The highest BCUT2D eigenvalue weighted by atomic mass is 16.2. The molecule has 0 aliphatic carbocycles. The first-order valence-electron chi connectivity index (χ1n) is 8.73. The Morgan fingerprint density at radius 1 is 1.16 bits per heavy atom. The van der Waals surface area contributed by atoms with Gasteiger partial charge in [0.15, 0.2) is 0 Å². The summed E-state index contributed by atoms with van der Waals surface area (Å²) < 4.78 is 1.33. The minimum Gasteiger partial charge on any atom is -0.371 e. The van der Waals surface area contributed by atoms with E-state index < -0.39 is 5.69 Å². The van der Waals surface area contributed by atoms with Gasteiger partial charge in [0.2, 0.25) is 5.91 Å². The van der Waals surface area contributed by atoms with Crippen molar-refractivity contribution in [3.05, 3.63) is 58.8 Å². The predicted octanol–water partition coefficient (Wildman–Crippen LogP) is 1.89. The van der Waals surface area contributed by atoms with Crippen molar-refractivity contribution in [3.8, 4) is 0 Å². The molecule has 1 amide bonds. The summed E-state index contributed by atoms with van der Waals surface area (Å²) in [7, 11) is 1.77. The summed E-state index contributed by atoms with van der Waals surface area (Å²) in [5, 5.41) is 0. The lowest BCUT2D eigenvalue weighted by atomic mass is 10.1. The second-order valence-electron chi connectivity index (χ2n) is 6.46. The number of piperidine rings is 1. The summed E-state index contributed by atoms with van der Waals surface area (Å²) in [5.41, 5.74) is 1.94. The molecule has 1 aliphatic heterocycles. The van der Waals surface area contributed by atoms with Gasteiger partial charge in [-0.2, -0.15) is 0 Å². The third-order valence-corrected chi connectivity index (χ3v) is 4.61. The minimum atomic E-state index is -0.405. The lowest BCUT2D eigenvalue weighted by Gasteiger charge is -2.31. The summed E-state index contributed by atoms with van der Waals surface area (Å²) in [4.78, 5) is 31.9. The Bertz CT molecular complexity index is 781. The normalized spacial score (nSPS) is 14.4. The Balaban J connectivity index is 1.70. The molecule has 0 bridgehead atoms. The van der Waals surface area contributed by atoms with Crippen LogP contribution in [-0.2, 0) is 17.9 Å². The number of hydrogen-bond donors (Lipinski definition) is 0. The van der Waals surface area contributed by atoms with Crippen molar-refractivity contribution < 1.29 is 4.79 Å². The lowest BCUT2D eigenvalue weighted by molar-refractivity contribution is -0.131. The van der Waals surface area contributed by atoms with Gasteiger partial charge in [-0.25, -0.2) is 9.78 Å². The zero-order valence-corrected chi connectivity index (χ0v) is 14.6. The number of carbonyl (C=O) groups is 1. The monoisotopic (exact) mass is 340 g/mol. The second-order valence-corrected chi connectivity index (χ2v) is 6.46. The number of carbonyl (C=O) groups excluding carboxylic acids is 1. The number of nitrogens with zero attached hydrogens (tertiary/aromatic N) is 4. The third kappa shape index (κ3) is 4.26. The molecular weight excluding hydrogens is 316 g/mol. The molecule has 1 aliphatic rings. The molecule has 0 atom stereocenters. The van der Waals surface area contributed by atoms with E-state index in [1.807, 2.05) is 12.1 Å². The molecule has 0 saturated carbocycles. The molecule has 6 heteroatoms. The van der Waals surface area contributed by atoms with Gasteiger partial charge < -0.3 is 9.80 Å². The maximum Gasteiger partial charge on any atom is 0.347 e. The minimum absolute atomic E-state index is 0.00898. The molecule has 1 aromatic heterocycles. The van der Waals surface area contributed by atoms with Crippen molar-refractivity contribution in [2.45, 2.75) is 32.4 Å². The predicted molar refractivity (Wildman–Crippen MR) is 97.5 cm³/mol. The molecule has 0 unspecified atom stereocenters. The van der Waals surface area contributed by atoms with Crippen molar-refractivity contribution in [2.24, 2.45) is 0 Å². The number of para-hydroxylation sites is 1. The molecule has 132 valence electrons. The number of amides is 1. The van der Waals surface area contributed by atoms with Crippen LogP contribution in [0.2, 0.25) is 0 Å². The Hall–Kier alpha value is -2.63. The smallest absolute Gasteiger partial charge is 0.347 e. The van der Waals surface area contributed by atoms with Crippen molar-refractivity contribution in [1.82, 2.24) is 14.5 Å². The standard InChI is InChI=1S/C19H24N4O2/c1-21(18(24)15-23-13-7-10-20-19(23)25)14-16-8-3-4-9-17(16)22-11-5-2-6-12-22/h3-4,7-10,13H,2,5-6,11-12,14-15H2,1H3. The highest BCUT2D eigenvalue weighted by molar-refractivity contribution is 5.76.